The van der Waals surface area contributed by atoms with Crippen molar-refractivity contribution >= 4 is 50.9 Å². The number of allylic oxidation sites excluding steroid dienone is 1. The molecule has 0 aromatic heterocycles. The fraction of sp³-hybridized carbons (Fsp3) is 0. The third-order valence-corrected chi connectivity index (χ3v) is 4.94. The van der Waals surface area contributed by atoms with Crippen LogP contribution in [0.15, 0.2) is 52.5 Å². The second-order valence-electron chi connectivity index (χ2n) is 5.47. The van der Waals surface area contributed by atoms with Crippen molar-refractivity contribution < 1.29 is 27.7 Å². The van der Waals surface area contributed by atoms with Crippen LogP contribution in [0.4, 0.5) is 5.69 Å². The average Bonchev–Trinajstić information content (AvgIpc) is 2.60. The number of hydrogen-bond donors (Lipinski definition) is 3. The molecule has 0 saturated heterocycles. The van der Waals surface area contributed by atoms with E-state index in [9.17, 15) is 22.6 Å². The Bertz CT molecular complexity index is 1140. The summed E-state index contributed by atoms with van der Waals surface area (Å²) in [7, 11) is -4.73. The normalized spacial score (nSPS) is 14.9. The summed E-state index contributed by atoms with van der Waals surface area (Å²) >= 11 is 5.76. The number of ketones is 1. The van der Waals surface area contributed by atoms with Crippen LogP contribution in [-0.2, 0) is 14.9 Å². The maximum absolute atomic E-state index is 12.1. The molecule has 3 rings (SSSR count). The molecule has 0 heterocycles. The number of fused-ring (bicyclic) bond motifs is 1. The van der Waals surface area contributed by atoms with E-state index in [1.807, 2.05) is 0 Å². The Balaban J connectivity index is 2.11. The van der Waals surface area contributed by atoms with Crippen LogP contribution < -0.4 is 5.43 Å². The van der Waals surface area contributed by atoms with Gasteiger partial charge in [0.15, 0.2) is 0 Å². The van der Waals surface area contributed by atoms with Crippen molar-refractivity contribution in [3.05, 3.63) is 64.2 Å². The molecule has 0 fully saturated rings. The zero-order valence-electron chi connectivity index (χ0n) is 13.4. The topological polar surface area (TPSA) is 133 Å². The van der Waals surface area contributed by atoms with E-state index in [0.29, 0.717) is 5.56 Å². The number of rotatable bonds is 4. The van der Waals surface area contributed by atoms with Crippen LogP contribution in [0.5, 0.6) is 0 Å². The quantitative estimate of drug-likeness (QED) is 0.525. The number of nitrogens with zero attached hydrogens (tertiary/aromatic N) is 1. The van der Waals surface area contributed by atoms with Gasteiger partial charge in [-0.1, -0.05) is 41.9 Å². The first kappa shape index (κ1) is 18.8. The molecule has 0 saturated carbocycles. The SMILES string of the molecule is O=C1C=Cc2ccccc2/C1=N/Nc1cc(C(=O)O)c(Cl)cc1S(=O)(=O)O. The number of carbonyl (C=O) groups is 2. The maximum Gasteiger partial charge on any atom is 0.337 e. The fourth-order valence-corrected chi connectivity index (χ4v) is 3.44. The van der Waals surface area contributed by atoms with Gasteiger partial charge in [-0.25, -0.2) is 4.79 Å². The first-order valence-corrected chi connectivity index (χ1v) is 9.20. The van der Waals surface area contributed by atoms with Crippen molar-refractivity contribution in [3.8, 4) is 0 Å². The molecule has 2 aromatic carbocycles. The fourth-order valence-electron chi connectivity index (χ4n) is 2.49. The second kappa shape index (κ2) is 6.95. The molecule has 0 aliphatic heterocycles. The lowest BCUT2D eigenvalue weighted by atomic mass is 9.95. The molecule has 0 radical (unpaired) electrons. The van der Waals surface area contributed by atoms with Gasteiger partial charge in [0.2, 0.25) is 5.78 Å². The number of carbonyl (C=O) groups excluding carboxylic acids is 1. The van der Waals surface area contributed by atoms with E-state index in [1.54, 1.807) is 30.3 Å². The molecule has 0 atom stereocenters. The minimum Gasteiger partial charge on any atom is -0.478 e. The van der Waals surface area contributed by atoms with Gasteiger partial charge < -0.3 is 5.11 Å². The van der Waals surface area contributed by atoms with Crippen LogP contribution in [-0.4, -0.2) is 35.5 Å². The summed E-state index contributed by atoms with van der Waals surface area (Å²) in [6.07, 6.45) is 2.92. The molecule has 10 heteroatoms. The van der Waals surface area contributed by atoms with Gasteiger partial charge in [0.25, 0.3) is 10.1 Å². The minimum absolute atomic E-state index is 0.00112. The van der Waals surface area contributed by atoms with Gasteiger partial charge in [-0.2, -0.15) is 13.5 Å². The molecule has 1 aliphatic rings. The number of benzene rings is 2. The van der Waals surface area contributed by atoms with E-state index in [2.05, 4.69) is 10.5 Å². The number of aromatic carboxylic acids is 1. The van der Waals surface area contributed by atoms with E-state index in [0.717, 1.165) is 17.7 Å². The van der Waals surface area contributed by atoms with E-state index < -0.39 is 32.3 Å². The van der Waals surface area contributed by atoms with Gasteiger partial charge in [0, 0.05) is 5.56 Å². The molecular formula is C17H11ClN2O6S. The number of hydrogen-bond acceptors (Lipinski definition) is 6. The standard InChI is InChI=1S/C17H11ClN2O6S/c18-12-8-15(27(24,25)26)13(7-11(12)17(22)23)19-20-16-10-4-2-1-3-9(10)5-6-14(16)21/h1-8,19H,(H,22,23)(H,24,25,26)/b20-16-. The molecular weight excluding hydrogens is 396 g/mol. The minimum atomic E-state index is -4.73. The van der Waals surface area contributed by atoms with Gasteiger partial charge >= 0.3 is 5.97 Å². The van der Waals surface area contributed by atoms with Crippen molar-refractivity contribution in [2.45, 2.75) is 4.90 Å². The van der Waals surface area contributed by atoms with Gasteiger partial charge in [0.05, 0.1) is 16.3 Å². The first-order valence-electron chi connectivity index (χ1n) is 7.38. The largest absolute Gasteiger partial charge is 0.478 e. The number of halogens is 1. The molecule has 0 bridgehead atoms. The van der Waals surface area contributed by atoms with Crippen molar-refractivity contribution in [2.75, 3.05) is 5.43 Å². The molecule has 138 valence electrons. The summed E-state index contributed by atoms with van der Waals surface area (Å²) < 4.78 is 32.5. The molecule has 0 amide bonds. The predicted molar refractivity (Wildman–Crippen MR) is 98.9 cm³/mol. The number of hydrazone groups is 1. The summed E-state index contributed by atoms with van der Waals surface area (Å²) in [4.78, 5) is 22.7. The molecule has 2 aromatic rings. The highest BCUT2D eigenvalue weighted by Gasteiger charge is 2.23. The number of carboxylic acid groups (broad SMARTS) is 1. The Morgan fingerprint density at radius 2 is 1.85 bits per heavy atom. The summed E-state index contributed by atoms with van der Waals surface area (Å²) in [6, 6.07) is 8.61. The average molecular weight is 407 g/mol. The van der Waals surface area contributed by atoms with Crippen LogP contribution in [0.2, 0.25) is 5.02 Å². The van der Waals surface area contributed by atoms with E-state index in [-0.39, 0.29) is 16.4 Å². The Kier molecular flexibility index (Phi) is 4.83. The second-order valence-corrected chi connectivity index (χ2v) is 7.26. The van der Waals surface area contributed by atoms with Crippen LogP contribution in [0.25, 0.3) is 6.08 Å². The molecule has 0 spiro atoms. The molecule has 0 unspecified atom stereocenters. The van der Waals surface area contributed by atoms with Crippen molar-refractivity contribution in [3.63, 3.8) is 0 Å². The van der Waals surface area contributed by atoms with Crippen LogP contribution in [0, 0.1) is 0 Å². The first-order chi connectivity index (χ1) is 12.7. The molecule has 1 aliphatic carbocycles. The third kappa shape index (κ3) is 3.75. The van der Waals surface area contributed by atoms with Gasteiger partial charge in [-0.05, 0) is 23.8 Å². The summed E-state index contributed by atoms with van der Waals surface area (Å²) in [5.74, 6) is -1.83. The van der Waals surface area contributed by atoms with Crippen molar-refractivity contribution in [2.24, 2.45) is 5.10 Å². The van der Waals surface area contributed by atoms with Crippen molar-refractivity contribution in [1.29, 1.82) is 0 Å². The molecule has 3 N–H and O–H groups in total. The summed E-state index contributed by atoms with van der Waals surface area (Å²) in [5.41, 5.74) is 2.86. The van der Waals surface area contributed by atoms with Gasteiger partial charge in [-0.15, -0.1) is 0 Å². The Morgan fingerprint density at radius 3 is 2.52 bits per heavy atom. The molecule has 27 heavy (non-hydrogen) atoms. The van der Waals surface area contributed by atoms with Gasteiger partial charge in [0.1, 0.15) is 10.6 Å². The maximum atomic E-state index is 12.1. The lowest BCUT2D eigenvalue weighted by Crippen LogP contribution is -2.19. The lowest BCUT2D eigenvalue weighted by molar-refractivity contribution is -0.108. The van der Waals surface area contributed by atoms with E-state index >= 15 is 0 Å². The number of anilines is 1. The highest BCUT2D eigenvalue weighted by molar-refractivity contribution is 7.86. The van der Waals surface area contributed by atoms with Gasteiger partial charge in [-0.3, -0.25) is 14.8 Å². The summed E-state index contributed by atoms with van der Waals surface area (Å²) in [6.45, 7) is 0. The number of nitrogens with one attached hydrogen (secondary N) is 1. The lowest BCUT2D eigenvalue weighted by Gasteiger charge is -2.13. The predicted octanol–water partition coefficient (Wildman–Crippen LogP) is 2.70. The zero-order chi connectivity index (χ0) is 19.8. The highest BCUT2D eigenvalue weighted by Crippen LogP contribution is 2.29. The molecule has 8 nitrogen and oxygen atoms in total. The smallest absolute Gasteiger partial charge is 0.337 e. The zero-order valence-corrected chi connectivity index (χ0v) is 15.0. The van der Waals surface area contributed by atoms with Crippen molar-refractivity contribution in [1.82, 2.24) is 0 Å². The van der Waals surface area contributed by atoms with Crippen LogP contribution in [0.3, 0.4) is 0 Å². The van der Waals surface area contributed by atoms with Crippen LogP contribution >= 0.6 is 11.6 Å². The Labute approximate surface area is 158 Å². The van der Waals surface area contributed by atoms with Crippen LogP contribution in [0.1, 0.15) is 21.5 Å². The highest BCUT2D eigenvalue weighted by atomic mass is 35.5. The summed E-state index contributed by atoms with van der Waals surface area (Å²) in [5, 5.41) is 12.7. The third-order valence-electron chi connectivity index (χ3n) is 3.73. The Morgan fingerprint density at radius 1 is 1.15 bits per heavy atom. The monoisotopic (exact) mass is 406 g/mol. The van der Waals surface area contributed by atoms with E-state index in [4.69, 9.17) is 16.7 Å². The number of carboxylic acids is 1. The Hall–Kier alpha value is -3.01. The van der Waals surface area contributed by atoms with E-state index in [1.165, 1.54) is 6.08 Å².